The molecule has 0 amide bonds. The number of hydrogen-bond acceptors (Lipinski definition) is 2. The summed E-state index contributed by atoms with van der Waals surface area (Å²) >= 11 is 0. The zero-order valence-electron chi connectivity index (χ0n) is 9.22. The number of hydrogen-bond donors (Lipinski definition) is 1. The minimum atomic E-state index is -0.559. The number of halogens is 2. The van der Waals surface area contributed by atoms with Crippen molar-refractivity contribution in [1.29, 1.82) is 0 Å². The summed E-state index contributed by atoms with van der Waals surface area (Å²) in [5.74, 6) is -0.856. The standard InChI is InChI=1S/C12H15F2NO/c1-7(6-15)11-10(14)5-9(13)8-3-2-4-16-12(8)11/h5,7H,2-4,6,15H2,1H3. The first-order chi connectivity index (χ1) is 7.65. The fourth-order valence-electron chi connectivity index (χ4n) is 2.05. The lowest BCUT2D eigenvalue weighted by molar-refractivity contribution is 0.276. The molecule has 0 fully saturated rings. The lowest BCUT2D eigenvalue weighted by Crippen LogP contribution is -2.18. The Morgan fingerprint density at radius 1 is 1.44 bits per heavy atom. The topological polar surface area (TPSA) is 35.2 Å². The number of ether oxygens (including phenoxy) is 1. The van der Waals surface area contributed by atoms with Gasteiger partial charge in [-0.05, 0) is 25.3 Å². The average Bonchev–Trinajstić information content (AvgIpc) is 2.28. The van der Waals surface area contributed by atoms with E-state index in [4.69, 9.17) is 10.5 Å². The van der Waals surface area contributed by atoms with E-state index in [1.54, 1.807) is 0 Å². The van der Waals surface area contributed by atoms with Crippen LogP contribution in [0.5, 0.6) is 5.75 Å². The third kappa shape index (κ3) is 1.78. The van der Waals surface area contributed by atoms with Crippen LogP contribution in [0.3, 0.4) is 0 Å². The van der Waals surface area contributed by atoms with Crippen LogP contribution in [0.1, 0.15) is 30.4 Å². The molecule has 16 heavy (non-hydrogen) atoms. The summed E-state index contributed by atoms with van der Waals surface area (Å²) in [5.41, 5.74) is 6.43. The molecule has 1 aromatic rings. The van der Waals surface area contributed by atoms with Gasteiger partial charge < -0.3 is 10.5 Å². The van der Waals surface area contributed by atoms with Gasteiger partial charge in [0.05, 0.1) is 6.61 Å². The van der Waals surface area contributed by atoms with Gasteiger partial charge in [-0.3, -0.25) is 0 Å². The van der Waals surface area contributed by atoms with Gasteiger partial charge in [-0.2, -0.15) is 0 Å². The number of rotatable bonds is 2. The zero-order valence-corrected chi connectivity index (χ0v) is 9.22. The van der Waals surface area contributed by atoms with Crippen molar-refractivity contribution in [1.82, 2.24) is 0 Å². The highest BCUT2D eigenvalue weighted by atomic mass is 19.1. The van der Waals surface area contributed by atoms with E-state index >= 15 is 0 Å². The monoisotopic (exact) mass is 227 g/mol. The van der Waals surface area contributed by atoms with Crippen LogP contribution in [0, 0.1) is 11.6 Å². The molecule has 0 saturated carbocycles. The molecule has 4 heteroatoms. The molecule has 0 aliphatic carbocycles. The second kappa shape index (κ2) is 4.37. The summed E-state index contributed by atoms with van der Waals surface area (Å²) in [6.07, 6.45) is 1.37. The van der Waals surface area contributed by atoms with Crippen molar-refractivity contribution in [2.24, 2.45) is 5.73 Å². The molecular weight excluding hydrogens is 212 g/mol. The summed E-state index contributed by atoms with van der Waals surface area (Å²) in [4.78, 5) is 0. The van der Waals surface area contributed by atoms with Gasteiger partial charge in [-0.25, -0.2) is 8.78 Å². The van der Waals surface area contributed by atoms with E-state index in [1.807, 2.05) is 6.92 Å². The second-order valence-electron chi connectivity index (χ2n) is 4.15. The first-order valence-corrected chi connectivity index (χ1v) is 5.48. The largest absolute Gasteiger partial charge is 0.493 e. The molecule has 1 atom stereocenters. The van der Waals surface area contributed by atoms with Crippen LogP contribution < -0.4 is 10.5 Å². The molecule has 2 rings (SSSR count). The summed E-state index contributed by atoms with van der Waals surface area (Å²) in [7, 11) is 0. The van der Waals surface area contributed by atoms with Crippen LogP contribution in [-0.2, 0) is 6.42 Å². The maximum absolute atomic E-state index is 13.7. The smallest absolute Gasteiger partial charge is 0.133 e. The maximum Gasteiger partial charge on any atom is 0.133 e. The Balaban J connectivity index is 2.58. The first kappa shape index (κ1) is 11.3. The fraction of sp³-hybridized carbons (Fsp3) is 0.500. The molecule has 1 aliphatic rings. The van der Waals surface area contributed by atoms with Gasteiger partial charge in [0.2, 0.25) is 0 Å². The van der Waals surface area contributed by atoms with E-state index in [9.17, 15) is 8.78 Å². The van der Waals surface area contributed by atoms with Gasteiger partial charge in [-0.15, -0.1) is 0 Å². The van der Waals surface area contributed by atoms with E-state index in [2.05, 4.69) is 0 Å². The van der Waals surface area contributed by atoms with Gasteiger partial charge in [-0.1, -0.05) is 6.92 Å². The molecular formula is C12H15F2NO. The van der Waals surface area contributed by atoms with Gasteiger partial charge in [0, 0.05) is 17.2 Å². The molecule has 1 aromatic carbocycles. The quantitative estimate of drug-likeness (QED) is 0.841. The van der Waals surface area contributed by atoms with Gasteiger partial charge in [0.15, 0.2) is 0 Å². The van der Waals surface area contributed by atoms with Crippen molar-refractivity contribution < 1.29 is 13.5 Å². The van der Waals surface area contributed by atoms with Crippen molar-refractivity contribution in [2.75, 3.05) is 13.2 Å². The lowest BCUT2D eigenvalue weighted by Gasteiger charge is -2.23. The van der Waals surface area contributed by atoms with Crippen molar-refractivity contribution in [3.63, 3.8) is 0 Å². The molecule has 88 valence electrons. The van der Waals surface area contributed by atoms with Crippen LogP contribution in [0.25, 0.3) is 0 Å². The Kier molecular flexibility index (Phi) is 3.10. The van der Waals surface area contributed by atoms with Crippen molar-refractivity contribution >= 4 is 0 Å². The summed E-state index contributed by atoms with van der Waals surface area (Å²) in [6.45, 7) is 2.65. The molecule has 1 aliphatic heterocycles. The highest BCUT2D eigenvalue weighted by Crippen LogP contribution is 2.37. The summed E-state index contributed by atoms with van der Waals surface area (Å²) in [5, 5.41) is 0. The van der Waals surface area contributed by atoms with E-state index in [0.29, 0.717) is 36.4 Å². The van der Waals surface area contributed by atoms with E-state index in [1.165, 1.54) is 0 Å². The Morgan fingerprint density at radius 3 is 2.88 bits per heavy atom. The summed E-state index contributed by atoms with van der Waals surface area (Å²) in [6, 6.07) is 0.939. The fourth-order valence-corrected chi connectivity index (χ4v) is 2.05. The van der Waals surface area contributed by atoms with Crippen molar-refractivity contribution in [3.05, 3.63) is 28.8 Å². The number of nitrogens with two attached hydrogens (primary N) is 1. The van der Waals surface area contributed by atoms with Crippen molar-refractivity contribution in [3.8, 4) is 5.75 Å². The zero-order chi connectivity index (χ0) is 11.7. The molecule has 1 unspecified atom stereocenters. The van der Waals surface area contributed by atoms with E-state index in [0.717, 1.165) is 12.5 Å². The normalized spacial score (nSPS) is 16.5. The predicted molar refractivity (Wildman–Crippen MR) is 57.6 cm³/mol. The molecule has 2 nitrogen and oxygen atoms in total. The highest BCUT2D eigenvalue weighted by molar-refractivity contribution is 5.46. The Labute approximate surface area is 93.4 Å². The number of fused-ring (bicyclic) bond motifs is 1. The predicted octanol–water partition coefficient (Wildman–Crippen LogP) is 2.35. The van der Waals surface area contributed by atoms with Crippen LogP contribution in [0.15, 0.2) is 6.07 Å². The molecule has 2 N–H and O–H groups in total. The van der Waals surface area contributed by atoms with Gasteiger partial charge in [0.25, 0.3) is 0 Å². The van der Waals surface area contributed by atoms with E-state index in [-0.39, 0.29) is 5.92 Å². The second-order valence-corrected chi connectivity index (χ2v) is 4.15. The maximum atomic E-state index is 13.7. The average molecular weight is 227 g/mol. The van der Waals surface area contributed by atoms with Gasteiger partial charge >= 0.3 is 0 Å². The lowest BCUT2D eigenvalue weighted by atomic mass is 9.93. The van der Waals surface area contributed by atoms with Crippen LogP contribution in [0.4, 0.5) is 8.78 Å². The first-order valence-electron chi connectivity index (χ1n) is 5.48. The molecule has 0 bridgehead atoms. The third-order valence-corrected chi connectivity index (χ3v) is 2.98. The minimum absolute atomic E-state index is 0.160. The van der Waals surface area contributed by atoms with Crippen LogP contribution in [0.2, 0.25) is 0 Å². The Hall–Kier alpha value is -1.16. The minimum Gasteiger partial charge on any atom is -0.493 e. The Morgan fingerprint density at radius 2 is 2.19 bits per heavy atom. The SMILES string of the molecule is CC(CN)c1c(F)cc(F)c2c1OCCC2. The highest BCUT2D eigenvalue weighted by Gasteiger charge is 2.25. The van der Waals surface area contributed by atoms with Crippen LogP contribution >= 0.6 is 0 Å². The third-order valence-electron chi connectivity index (χ3n) is 2.98. The van der Waals surface area contributed by atoms with E-state index < -0.39 is 11.6 Å². The van der Waals surface area contributed by atoms with Crippen LogP contribution in [-0.4, -0.2) is 13.2 Å². The molecule has 0 aromatic heterocycles. The van der Waals surface area contributed by atoms with Gasteiger partial charge in [0.1, 0.15) is 17.4 Å². The molecule has 0 spiro atoms. The molecule has 0 radical (unpaired) electrons. The molecule has 0 saturated heterocycles. The Bertz CT molecular complexity index is 406. The molecule has 1 heterocycles. The summed E-state index contributed by atoms with van der Waals surface area (Å²) < 4.78 is 32.6. The number of benzene rings is 1. The van der Waals surface area contributed by atoms with Crippen molar-refractivity contribution in [2.45, 2.75) is 25.7 Å².